The molecule has 0 atom stereocenters. The Morgan fingerprint density at radius 2 is 1.74 bits per heavy atom. The van der Waals surface area contributed by atoms with E-state index in [0.29, 0.717) is 17.1 Å². The zero-order chi connectivity index (χ0) is 24.1. The molecule has 1 heterocycles. The highest BCUT2D eigenvalue weighted by Crippen LogP contribution is 2.25. The van der Waals surface area contributed by atoms with Gasteiger partial charge in [0.2, 0.25) is 11.2 Å². The lowest BCUT2D eigenvalue weighted by Crippen LogP contribution is -2.06. The van der Waals surface area contributed by atoms with E-state index in [1.54, 1.807) is 37.4 Å². The van der Waals surface area contributed by atoms with E-state index in [1.807, 2.05) is 0 Å². The smallest absolute Gasteiger partial charge is 0.336 e. The molecule has 0 spiro atoms. The maximum Gasteiger partial charge on any atom is 0.336 e. The van der Waals surface area contributed by atoms with E-state index in [4.69, 9.17) is 18.6 Å². The molecule has 1 aromatic heterocycles. The molecule has 4 rings (SSSR count). The fourth-order valence-electron chi connectivity index (χ4n) is 3.05. The number of rotatable bonds is 7. The molecule has 0 aliphatic carbocycles. The van der Waals surface area contributed by atoms with Gasteiger partial charge in [-0.25, -0.2) is 4.79 Å². The molecule has 34 heavy (non-hydrogen) atoms. The van der Waals surface area contributed by atoms with Crippen LogP contribution in [0.5, 0.6) is 23.0 Å². The van der Waals surface area contributed by atoms with Crippen LogP contribution in [0.25, 0.3) is 17.0 Å². The average molecular weight is 459 g/mol. The predicted molar refractivity (Wildman–Crippen MR) is 123 cm³/mol. The van der Waals surface area contributed by atoms with Gasteiger partial charge in [0.05, 0.1) is 17.4 Å². The molecular formula is C25H17NO8. The van der Waals surface area contributed by atoms with Gasteiger partial charge in [-0.15, -0.1) is 0 Å². The maximum atomic E-state index is 12.7. The second-order valence-electron chi connectivity index (χ2n) is 6.97. The fourth-order valence-corrected chi connectivity index (χ4v) is 3.05. The van der Waals surface area contributed by atoms with E-state index >= 15 is 0 Å². The van der Waals surface area contributed by atoms with Crippen LogP contribution in [0, 0.1) is 10.1 Å². The number of nitrogens with zero attached hydrogens (tertiary/aromatic N) is 1. The highest BCUT2D eigenvalue weighted by atomic mass is 16.6. The van der Waals surface area contributed by atoms with Crippen LogP contribution < -0.4 is 19.6 Å². The summed E-state index contributed by atoms with van der Waals surface area (Å²) in [6.07, 6.45) is 3.73. The summed E-state index contributed by atoms with van der Waals surface area (Å²) in [4.78, 5) is 35.2. The Morgan fingerprint density at radius 3 is 2.47 bits per heavy atom. The van der Waals surface area contributed by atoms with Gasteiger partial charge >= 0.3 is 5.97 Å². The Morgan fingerprint density at radius 1 is 1.00 bits per heavy atom. The van der Waals surface area contributed by atoms with Gasteiger partial charge in [-0.3, -0.25) is 14.9 Å². The zero-order valence-corrected chi connectivity index (χ0v) is 17.8. The number of hydrogen-bond acceptors (Lipinski definition) is 8. The third-order valence-electron chi connectivity index (χ3n) is 4.71. The van der Waals surface area contributed by atoms with Crippen molar-refractivity contribution in [1.82, 2.24) is 0 Å². The van der Waals surface area contributed by atoms with Crippen molar-refractivity contribution < 1.29 is 28.3 Å². The van der Waals surface area contributed by atoms with Crippen molar-refractivity contribution in [3.8, 4) is 23.0 Å². The van der Waals surface area contributed by atoms with E-state index in [9.17, 15) is 19.7 Å². The Bertz CT molecular complexity index is 1450. The SMILES string of the molecule is COc1ccc(Oc2coc3cc(OC(=O)C=Cc4cccc([N+](=O)[O-])c4)ccc3c2=O)cc1. The molecule has 0 amide bonds. The maximum absolute atomic E-state index is 12.7. The minimum Gasteiger partial charge on any atom is -0.497 e. The number of ether oxygens (including phenoxy) is 3. The van der Waals surface area contributed by atoms with E-state index in [-0.39, 0.29) is 33.6 Å². The van der Waals surface area contributed by atoms with Crippen molar-refractivity contribution >= 4 is 28.7 Å². The summed E-state index contributed by atoms with van der Waals surface area (Å²) >= 11 is 0. The fraction of sp³-hybridized carbons (Fsp3) is 0.0400. The van der Waals surface area contributed by atoms with Crippen molar-refractivity contribution in [2.75, 3.05) is 7.11 Å². The number of benzene rings is 3. The first-order valence-electron chi connectivity index (χ1n) is 9.95. The molecule has 0 radical (unpaired) electrons. The number of methoxy groups -OCH3 is 1. The lowest BCUT2D eigenvalue weighted by atomic mass is 10.2. The first-order valence-corrected chi connectivity index (χ1v) is 9.95. The van der Waals surface area contributed by atoms with E-state index in [0.717, 1.165) is 6.08 Å². The number of esters is 1. The topological polar surface area (TPSA) is 118 Å². The third-order valence-corrected chi connectivity index (χ3v) is 4.71. The summed E-state index contributed by atoms with van der Waals surface area (Å²) in [5.74, 6) is 0.552. The number of fused-ring (bicyclic) bond motifs is 1. The molecule has 0 saturated heterocycles. The van der Waals surface area contributed by atoms with Crippen LogP contribution in [0.3, 0.4) is 0 Å². The van der Waals surface area contributed by atoms with E-state index in [2.05, 4.69) is 0 Å². The van der Waals surface area contributed by atoms with Gasteiger partial charge < -0.3 is 18.6 Å². The largest absolute Gasteiger partial charge is 0.497 e. The normalized spacial score (nSPS) is 10.9. The van der Waals surface area contributed by atoms with Gasteiger partial charge in [0.1, 0.15) is 29.1 Å². The Balaban J connectivity index is 1.48. The van der Waals surface area contributed by atoms with Gasteiger partial charge in [0.25, 0.3) is 5.69 Å². The number of carbonyl (C=O) groups excluding carboxylic acids is 1. The van der Waals surface area contributed by atoms with Crippen LogP contribution >= 0.6 is 0 Å². The van der Waals surface area contributed by atoms with Crippen molar-refractivity contribution in [1.29, 1.82) is 0 Å². The highest BCUT2D eigenvalue weighted by Gasteiger charge is 2.12. The highest BCUT2D eigenvalue weighted by molar-refractivity contribution is 5.89. The van der Waals surface area contributed by atoms with Gasteiger partial charge in [-0.05, 0) is 48.0 Å². The standard InChI is InChI=1S/C25H17NO8/c1-31-18-6-8-19(9-7-18)33-23-15-32-22-14-20(10-11-21(22)25(23)28)34-24(27)12-5-16-3-2-4-17(13-16)26(29)30/h2-15H,1H3. The van der Waals surface area contributed by atoms with Crippen LogP contribution in [-0.4, -0.2) is 18.0 Å². The summed E-state index contributed by atoms with van der Waals surface area (Å²) < 4.78 is 21.5. The van der Waals surface area contributed by atoms with Crippen LogP contribution in [-0.2, 0) is 4.79 Å². The lowest BCUT2D eigenvalue weighted by molar-refractivity contribution is -0.384. The summed E-state index contributed by atoms with van der Waals surface area (Å²) in [5, 5.41) is 11.1. The molecule has 0 aliphatic rings. The molecule has 0 saturated carbocycles. The minimum absolute atomic E-state index is 0.00213. The first-order chi connectivity index (χ1) is 16.4. The van der Waals surface area contributed by atoms with Crippen LogP contribution in [0.2, 0.25) is 0 Å². The Labute approximate surface area is 192 Å². The number of hydrogen-bond donors (Lipinski definition) is 0. The number of carbonyl (C=O) groups is 1. The number of nitro benzene ring substituents is 1. The van der Waals surface area contributed by atoms with Gasteiger partial charge in [0, 0.05) is 24.3 Å². The second kappa shape index (κ2) is 9.70. The Hall–Kier alpha value is -4.92. The van der Waals surface area contributed by atoms with Gasteiger partial charge in [-0.1, -0.05) is 12.1 Å². The van der Waals surface area contributed by atoms with Crippen LogP contribution in [0.15, 0.2) is 88.3 Å². The molecule has 9 heteroatoms. The van der Waals surface area contributed by atoms with Gasteiger partial charge in [0.15, 0.2) is 0 Å². The van der Waals surface area contributed by atoms with Crippen LogP contribution in [0.1, 0.15) is 5.56 Å². The Kier molecular flexibility index (Phi) is 6.35. The lowest BCUT2D eigenvalue weighted by Gasteiger charge is -2.07. The van der Waals surface area contributed by atoms with Crippen molar-refractivity contribution in [3.63, 3.8) is 0 Å². The summed E-state index contributed by atoms with van der Waals surface area (Å²) in [6.45, 7) is 0. The molecule has 0 unspecified atom stereocenters. The zero-order valence-electron chi connectivity index (χ0n) is 17.8. The molecule has 0 aliphatic heterocycles. The minimum atomic E-state index is -0.701. The van der Waals surface area contributed by atoms with Crippen molar-refractivity contribution in [2.45, 2.75) is 0 Å². The monoisotopic (exact) mass is 459 g/mol. The second-order valence-corrected chi connectivity index (χ2v) is 6.97. The quantitative estimate of drug-likeness (QED) is 0.123. The van der Waals surface area contributed by atoms with Crippen LogP contribution in [0.4, 0.5) is 5.69 Å². The molecule has 0 bridgehead atoms. The molecule has 170 valence electrons. The van der Waals surface area contributed by atoms with Crippen molar-refractivity contribution in [2.24, 2.45) is 0 Å². The molecule has 4 aromatic rings. The molecule has 0 fully saturated rings. The first kappa shape index (κ1) is 22.3. The summed E-state index contributed by atoms with van der Waals surface area (Å²) in [6, 6.07) is 16.9. The third kappa shape index (κ3) is 5.10. The molecular weight excluding hydrogens is 442 g/mol. The summed E-state index contributed by atoms with van der Waals surface area (Å²) in [7, 11) is 1.55. The molecule has 0 N–H and O–H groups in total. The van der Waals surface area contributed by atoms with Gasteiger partial charge in [-0.2, -0.15) is 0 Å². The predicted octanol–water partition coefficient (Wildman–Crippen LogP) is 5.12. The summed E-state index contributed by atoms with van der Waals surface area (Å²) in [5.41, 5.74) is 0.205. The molecule has 3 aromatic carbocycles. The van der Waals surface area contributed by atoms with E-state index in [1.165, 1.54) is 48.7 Å². The van der Waals surface area contributed by atoms with E-state index < -0.39 is 10.9 Å². The number of non-ortho nitro benzene ring substituents is 1. The average Bonchev–Trinajstić information content (AvgIpc) is 2.85. The number of nitro groups is 1. The molecule has 9 nitrogen and oxygen atoms in total. The van der Waals surface area contributed by atoms with Crippen molar-refractivity contribution in [3.05, 3.63) is 105 Å².